The smallest absolute Gasteiger partial charge is 0.272 e. The molecule has 6 heteroatoms. The number of carbonyl (C=O) groups is 1. The van der Waals surface area contributed by atoms with E-state index in [0.29, 0.717) is 11.6 Å². The summed E-state index contributed by atoms with van der Waals surface area (Å²) in [6, 6.07) is 9.68. The second kappa shape index (κ2) is 7.92. The van der Waals surface area contributed by atoms with E-state index in [1.165, 1.54) is 5.56 Å². The Hall–Kier alpha value is -3.02. The molecular weight excluding hydrogens is 350 g/mol. The standard InChI is InChI=1S/C22H25N5O/c1-16-24-14-21(26(16)2)19-9-8-17(13-25-19)12-18-6-5-11-27(15-18)22(28)20-7-3-4-10-23-20/h3-4,7-10,13-14,18H,5-6,11-12,15H2,1-2H3/t18-/m0/s1. The van der Waals surface area contributed by atoms with Gasteiger partial charge in [0.05, 0.1) is 17.6 Å². The second-order valence-electron chi connectivity index (χ2n) is 7.48. The molecule has 1 atom stereocenters. The lowest BCUT2D eigenvalue weighted by molar-refractivity contribution is 0.0667. The Bertz CT molecular complexity index is 949. The molecule has 0 saturated carbocycles. The number of hydrogen-bond donors (Lipinski definition) is 0. The summed E-state index contributed by atoms with van der Waals surface area (Å²) in [5.41, 5.74) is 3.69. The SMILES string of the molecule is Cc1ncc(-c2ccc(C[C@@H]3CCCN(C(=O)c4ccccn4)C3)cn2)n1C. The molecule has 0 aliphatic carbocycles. The summed E-state index contributed by atoms with van der Waals surface area (Å²) in [6.45, 7) is 3.57. The normalized spacial score (nSPS) is 16.9. The van der Waals surface area contributed by atoms with Crippen LogP contribution in [0.3, 0.4) is 0 Å². The molecule has 144 valence electrons. The molecule has 4 rings (SSSR count). The van der Waals surface area contributed by atoms with E-state index in [-0.39, 0.29) is 5.91 Å². The number of nitrogens with zero attached hydrogens (tertiary/aromatic N) is 5. The highest BCUT2D eigenvalue weighted by Gasteiger charge is 2.25. The van der Waals surface area contributed by atoms with Gasteiger partial charge >= 0.3 is 0 Å². The van der Waals surface area contributed by atoms with E-state index in [1.54, 1.807) is 12.3 Å². The van der Waals surface area contributed by atoms with Gasteiger partial charge in [-0.2, -0.15) is 0 Å². The highest BCUT2D eigenvalue weighted by Crippen LogP contribution is 2.23. The molecule has 0 aromatic carbocycles. The fourth-order valence-electron chi connectivity index (χ4n) is 3.84. The van der Waals surface area contributed by atoms with Gasteiger partial charge in [0, 0.05) is 32.5 Å². The molecule has 0 bridgehead atoms. The predicted octanol–water partition coefficient (Wildman–Crippen LogP) is 3.28. The van der Waals surface area contributed by atoms with Crippen LogP contribution in [-0.4, -0.2) is 43.4 Å². The van der Waals surface area contributed by atoms with Crippen molar-refractivity contribution < 1.29 is 4.79 Å². The molecule has 1 fully saturated rings. The van der Waals surface area contributed by atoms with Crippen molar-refractivity contribution in [3.63, 3.8) is 0 Å². The van der Waals surface area contributed by atoms with Crippen LogP contribution in [0.25, 0.3) is 11.4 Å². The predicted molar refractivity (Wildman–Crippen MR) is 108 cm³/mol. The first-order valence-corrected chi connectivity index (χ1v) is 9.76. The van der Waals surface area contributed by atoms with Crippen LogP contribution in [0.2, 0.25) is 0 Å². The minimum atomic E-state index is 0.0327. The number of hydrogen-bond acceptors (Lipinski definition) is 4. The first-order valence-electron chi connectivity index (χ1n) is 9.76. The van der Waals surface area contributed by atoms with E-state index < -0.39 is 0 Å². The van der Waals surface area contributed by atoms with Crippen LogP contribution < -0.4 is 0 Å². The lowest BCUT2D eigenvalue weighted by atomic mass is 9.91. The molecule has 1 aliphatic heterocycles. The lowest BCUT2D eigenvalue weighted by Crippen LogP contribution is -2.40. The van der Waals surface area contributed by atoms with Crippen LogP contribution in [0, 0.1) is 12.8 Å². The van der Waals surface area contributed by atoms with Gasteiger partial charge in [-0.25, -0.2) is 4.98 Å². The van der Waals surface area contributed by atoms with E-state index in [0.717, 1.165) is 49.6 Å². The van der Waals surface area contributed by atoms with Crippen LogP contribution in [0.4, 0.5) is 0 Å². The van der Waals surface area contributed by atoms with Crippen molar-refractivity contribution in [2.24, 2.45) is 13.0 Å². The van der Waals surface area contributed by atoms with Crippen molar-refractivity contribution >= 4 is 5.91 Å². The summed E-state index contributed by atoms with van der Waals surface area (Å²) in [4.78, 5) is 27.8. The molecule has 0 radical (unpaired) electrons. The fourth-order valence-corrected chi connectivity index (χ4v) is 3.84. The first kappa shape index (κ1) is 18.3. The Morgan fingerprint density at radius 3 is 2.71 bits per heavy atom. The highest BCUT2D eigenvalue weighted by atomic mass is 16.2. The van der Waals surface area contributed by atoms with E-state index in [2.05, 4.69) is 27.1 Å². The third kappa shape index (κ3) is 3.81. The third-order valence-electron chi connectivity index (χ3n) is 5.52. The molecule has 1 aliphatic rings. The van der Waals surface area contributed by atoms with Crippen molar-refractivity contribution in [2.45, 2.75) is 26.2 Å². The van der Waals surface area contributed by atoms with Crippen LogP contribution in [-0.2, 0) is 13.5 Å². The minimum absolute atomic E-state index is 0.0327. The molecule has 0 unspecified atom stereocenters. The molecule has 1 amide bonds. The van der Waals surface area contributed by atoms with Crippen LogP contribution >= 0.6 is 0 Å². The van der Waals surface area contributed by atoms with Gasteiger partial charge in [-0.05, 0) is 55.9 Å². The lowest BCUT2D eigenvalue weighted by Gasteiger charge is -2.32. The maximum absolute atomic E-state index is 12.7. The molecule has 28 heavy (non-hydrogen) atoms. The van der Waals surface area contributed by atoms with Gasteiger partial charge in [-0.15, -0.1) is 0 Å². The number of rotatable bonds is 4. The Labute approximate surface area is 165 Å². The fraction of sp³-hybridized carbons (Fsp3) is 0.364. The molecule has 6 nitrogen and oxygen atoms in total. The topological polar surface area (TPSA) is 63.9 Å². The zero-order chi connectivity index (χ0) is 19.5. The number of imidazole rings is 1. The molecule has 0 spiro atoms. The zero-order valence-electron chi connectivity index (χ0n) is 16.4. The largest absolute Gasteiger partial charge is 0.337 e. The summed E-state index contributed by atoms with van der Waals surface area (Å²) in [5, 5.41) is 0. The highest BCUT2D eigenvalue weighted by molar-refractivity contribution is 5.92. The number of carbonyl (C=O) groups excluding carboxylic acids is 1. The molecule has 0 N–H and O–H groups in total. The van der Waals surface area contributed by atoms with Crippen molar-refractivity contribution in [3.05, 3.63) is 66.0 Å². The quantitative estimate of drug-likeness (QED) is 0.702. The first-order chi connectivity index (χ1) is 13.6. The van der Waals surface area contributed by atoms with Crippen LogP contribution in [0.1, 0.15) is 34.7 Å². The Morgan fingerprint density at radius 2 is 2.04 bits per heavy atom. The van der Waals surface area contributed by atoms with Gasteiger partial charge in [-0.3, -0.25) is 14.8 Å². The van der Waals surface area contributed by atoms with Gasteiger partial charge in [0.2, 0.25) is 0 Å². The Morgan fingerprint density at radius 1 is 1.14 bits per heavy atom. The van der Waals surface area contributed by atoms with Crippen LogP contribution in [0.15, 0.2) is 48.9 Å². The van der Waals surface area contributed by atoms with E-state index in [1.807, 2.05) is 48.0 Å². The number of likely N-dealkylation sites (tertiary alicyclic amines) is 1. The van der Waals surface area contributed by atoms with Crippen molar-refractivity contribution in [3.8, 4) is 11.4 Å². The van der Waals surface area contributed by atoms with Gasteiger partial charge in [-0.1, -0.05) is 12.1 Å². The maximum Gasteiger partial charge on any atom is 0.272 e. The number of piperidine rings is 1. The van der Waals surface area contributed by atoms with Gasteiger partial charge < -0.3 is 9.47 Å². The zero-order valence-corrected chi connectivity index (χ0v) is 16.4. The summed E-state index contributed by atoms with van der Waals surface area (Å²) in [5.74, 6) is 1.46. The monoisotopic (exact) mass is 375 g/mol. The van der Waals surface area contributed by atoms with Crippen molar-refractivity contribution in [2.75, 3.05) is 13.1 Å². The molecule has 3 aromatic heterocycles. The van der Waals surface area contributed by atoms with Crippen LogP contribution in [0.5, 0.6) is 0 Å². The molecule has 3 aromatic rings. The maximum atomic E-state index is 12.7. The Kier molecular flexibility index (Phi) is 5.19. The summed E-state index contributed by atoms with van der Waals surface area (Å²) < 4.78 is 2.05. The average Bonchev–Trinajstić information content (AvgIpc) is 3.07. The Balaban J connectivity index is 1.41. The average molecular weight is 375 g/mol. The van der Waals surface area contributed by atoms with Crippen molar-refractivity contribution in [1.82, 2.24) is 24.4 Å². The number of amides is 1. The number of pyridine rings is 2. The minimum Gasteiger partial charge on any atom is -0.337 e. The van der Waals surface area contributed by atoms with Gasteiger partial charge in [0.25, 0.3) is 5.91 Å². The van der Waals surface area contributed by atoms with Gasteiger partial charge in [0.1, 0.15) is 11.5 Å². The molecule has 1 saturated heterocycles. The van der Waals surface area contributed by atoms with E-state index in [9.17, 15) is 4.79 Å². The van der Waals surface area contributed by atoms with E-state index >= 15 is 0 Å². The van der Waals surface area contributed by atoms with Gasteiger partial charge in [0.15, 0.2) is 0 Å². The van der Waals surface area contributed by atoms with Crippen molar-refractivity contribution in [1.29, 1.82) is 0 Å². The number of aryl methyl sites for hydroxylation is 1. The molecule has 4 heterocycles. The van der Waals surface area contributed by atoms with E-state index in [4.69, 9.17) is 0 Å². The second-order valence-corrected chi connectivity index (χ2v) is 7.48. The third-order valence-corrected chi connectivity index (χ3v) is 5.52. The molecular formula is C22H25N5O. The summed E-state index contributed by atoms with van der Waals surface area (Å²) in [7, 11) is 2.00. The summed E-state index contributed by atoms with van der Waals surface area (Å²) >= 11 is 0. The summed E-state index contributed by atoms with van der Waals surface area (Å²) in [6.07, 6.45) is 8.59. The number of aromatic nitrogens is 4.